The summed E-state index contributed by atoms with van der Waals surface area (Å²) >= 11 is 1.75. The molecule has 1 fully saturated rings. The fourth-order valence-electron chi connectivity index (χ4n) is 1.32. The maximum Gasteiger partial charge on any atom is 0.239 e. The Morgan fingerprint density at radius 2 is 2.08 bits per heavy atom. The van der Waals surface area contributed by atoms with Gasteiger partial charge in [0.1, 0.15) is 13.2 Å². The van der Waals surface area contributed by atoms with Crippen LogP contribution >= 0.6 is 11.8 Å². The lowest BCUT2D eigenvalue weighted by molar-refractivity contribution is -0.546. The Hall–Kier alpha value is -0.540. The number of hydrogen-bond donors (Lipinski definition) is 0. The van der Waals surface area contributed by atoms with Crippen LogP contribution < -0.4 is 0 Å². The van der Waals surface area contributed by atoms with Gasteiger partial charge in [-0.25, -0.2) is 4.58 Å². The molecule has 0 spiro atoms. The van der Waals surface area contributed by atoms with Crippen LogP contribution in [0.15, 0.2) is 23.6 Å². The van der Waals surface area contributed by atoms with Crippen molar-refractivity contribution < 1.29 is 9.31 Å². The maximum absolute atomic E-state index is 5.28. The van der Waals surface area contributed by atoms with Gasteiger partial charge >= 0.3 is 0 Å². The van der Waals surface area contributed by atoms with E-state index in [-0.39, 0.29) is 0 Å². The molecule has 0 atom stereocenters. The van der Waals surface area contributed by atoms with Crippen LogP contribution in [0.1, 0.15) is 0 Å². The summed E-state index contributed by atoms with van der Waals surface area (Å²) in [5.41, 5.74) is 0. The monoisotopic (exact) mass is 182 g/mol. The Bertz CT molecular complexity index is 260. The fraction of sp³-hybridized carbons (Fsp3) is 0.444. The van der Waals surface area contributed by atoms with Gasteiger partial charge in [-0.2, -0.15) is 0 Å². The minimum absolute atomic E-state index is 0.852. The van der Waals surface area contributed by atoms with Crippen LogP contribution in [0, 0.1) is 0 Å². The van der Waals surface area contributed by atoms with E-state index in [1.54, 1.807) is 11.8 Å². The quantitative estimate of drug-likeness (QED) is 0.523. The van der Waals surface area contributed by atoms with Crippen LogP contribution in [0.25, 0.3) is 0 Å². The Morgan fingerprint density at radius 3 is 2.67 bits per heavy atom. The first-order chi connectivity index (χ1) is 5.86. The van der Waals surface area contributed by atoms with E-state index in [0.29, 0.717) is 0 Å². The predicted octanol–water partition coefficient (Wildman–Crippen LogP) is 1.24. The van der Waals surface area contributed by atoms with Gasteiger partial charge in [-0.15, -0.1) is 0 Å². The summed E-state index contributed by atoms with van der Waals surface area (Å²) in [6.45, 7) is 7.63. The molecule has 0 unspecified atom stereocenters. The molecule has 2 aliphatic rings. The van der Waals surface area contributed by atoms with Crippen LogP contribution in [-0.2, 0) is 4.74 Å². The molecule has 64 valence electrons. The maximum atomic E-state index is 5.28. The number of hydrogen-bond acceptors (Lipinski definition) is 2. The largest absolute Gasteiger partial charge is 0.368 e. The summed E-state index contributed by atoms with van der Waals surface area (Å²) in [6, 6.07) is 0. The van der Waals surface area contributed by atoms with Gasteiger partial charge in [-0.3, -0.25) is 0 Å². The van der Waals surface area contributed by atoms with Crippen molar-refractivity contribution in [2.24, 2.45) is 0 Å². The zero-order chi connectivity index (χ0) is 8.39. The predicted molar refractivity (Wildman–Crippen MR) is 51.7 cm³/mol. The highest BCUT2D eigenvalue weighted by Gasteiger charge is 2.20. The number of nitrogens with zero attached hydrogens (tertiary/aromatic N) is 1. The smallest absolute Gasteiger partial charge is 0.239 e. The van der Waals surface area contributed by atoms with Crippen molar-refractivity contribution in [2.75, 3.05) is 26.3 Å². The number of rotatable bonds is 0. The lowest BCUT2D eigenvalue weighted by Crippen LogP contribution is -2.31. The van der Waals surface area contributed by atoms with E-state index in [0.717, 1.165) is 31.2 Å². The topological polar surface area (TPSA) is 12.2 Å². The summed E-state index contributed by atoms with van der Waals surface area (Å²) < 4.78 is 7.63. The van der Waals surface area contributed by atoms with Gasteiger partial charge in [-0.1, -0.05) is 6.58 Å². The Morgan fingerprint density at radius 1 is 1.33 bits per heavy atom. The van der Waals surface area contributed by atoms with Crippen molar-refractivity contribution in [3.8, 4) is 0 Å². The van der Waals surface area contributed by atoms with Crippen LogP contribution in [0.3, 0.4) is 0 Å². The van der Waals surface area contributed by atoms with Crippen molar-refractivity contribution in [1.29, 1.82) is 0 Å². The van der Waals surface area contributed by atoms with Gasteiger partial charge in [-0.05, 0) is 17.8 Å². The number of ether oxygens (including phenoxy) is 1. The molecule has 0 amide bonds. The van der Waals surface area contributed by atoms with E-state index in [2.05, 4.69) is 23.3 Å². The average Bonchev–Trinajstić information content (AvgIpc) is 2.54. The third kappa shape index (κ3) is 1.62. The normalized spacial score (nSPS) is 23.8. The summed E-state index contributed by atoms with van der Waals surface area (Å²) in [7, 11) is 0. The molecule has 0 radical (unpaired) electrons. The molecule has 3 heteroatoms. The Kier molecular flexibility index (Phi) is 2.33. The second-order valence-corrected chi connectivity index (χ2v) is 3.99. The highest BCUT2D eigenvalue weighted by Crippen LogP contribution is 2.24. The zero-order valence-corrected chi connectivity index (χ0v) is 7.77. The molecule has 2 heterocycles. The van der Waals surface area contributed by atoms with E-state index >= 15 is 0 Å². The van der Waals surface area contributed by atoms with Crippen LogP contribution in [0.5, 0.6) is 0 Å². The molecule has 2 aliphatic heterocycles. The Balaban J connectivity index is 2.14. The molecule has 0 bridgehead atoms. The molecular weight excluding hydrogens is 170 g/mol. The van der Waals surface area contributed by atoms with Gasteiger partial charge in [0.05, 0.1) is 0 Å². The summed E-state index contributed by atoms with van der Waals surface area (Å²) in [4.78, 5) is 1.14. The average molecular weight is 182 g/mol. The fourth-order valence-corrected chi connectivity index (χ4v) is 2.17. The molecular formula is C9H12NOS+. The summed E-state index contributed by atoms with van der Waals surface area (Å²) in [5.74, 6) is 0. The van der Waals surface area contributed by atoms with Crippen molar-refractivity contribution in [3.63, 3.8) is 0 Å². The van der Waals surface area contributed by atoms with E-state index < -0.39 is 0 Å². The minimum atomic E-state index is 0.852. The highest BCUT2D eigenvalue weighted by molar-refractivity contribution is 8.17. The molecule has 0 aliphatic carbocycles. The molecule has 0 N–H and O–H groups in total. The third-order valence-electron chi connectivity index (χ3n) is 1.97. The molecule has 1 saturated heterocycles. The third-order valence-corrected chi connectivity index (χ3v) is 2.97. The van der Waals surface area contributed by atoms with Crippen LogP contribution in [0.2, 0.25) is 0 Å². The summed E-state index contributed by atoms with van der Waals surface area (Å²) in [6.07, 6.45) is 4.20. The summed E-state index contributed by atoms with van der Waals surface area (Å²) in [5, 5.41) is 1.32. The van der Waals surface area contributed by atoms with Crippen molar-refractivity contribution >= 4 is 16.8 Å². The molecule has 2 rings (SSSR count). The standard InChI is InChI=1S/C9H12NOS/c1-8-2-3-9(12-8)10-4-6-11-7-5-10/h2-3H,1,4-7H2/q+1. The SMILES string of the molecule is C=C1C=CC(=[N+]2CCOCC2)S1. The van der Waals surface area contributed by atoms with Gasteiger partial charge in [0.15, 0.2) is 13.1 Å². The van der Waals surface area contributed by atoms with E-state index in [1.165, 1.54) is 5.04 Å². The van der Waals surface area contributed by atoms with Crippen molar-refractivity contribution in [3.05, 3.63) is 23.6 Å². The molecule has 0 aromatic heterocycles. The number of thioether (sulfide) groups is 1. The number of morpholine rings is 1. The van der Waals surface area contributed by atoms with Crippen molar-refractivity contribution in [1.82, 2.24) is 0 Å². The van der Waals surface area contributed by atoms with Crippen LogP contribution in [-0.4, -0.2) is 35.9 Å². The van der Waals surface area contributed by atoms with Gasteiger partial charge in [0.25, 0.3) is 0 Å². The van der Waals surface area contributed by atoms with Crippen LogP contribution in [0.4, 0.5) is 0 Å². The minimum Gasteiger partial charge on any atom is -0.368 e. The second-order valence-electron chi connectivity index (χ2n) is 2.84. The first kappa shape index (κ1) is 8.08. The first-order valence-electron chi connectivity index (χ1n) is 4.11. The molecule has 0 aromatic rings. The van der Waals surface area contributed by atoms with E-state index in [9.17, 15) is 0 Å². The van der Waals surface area contributed by atoms with E-state index in [1.807, 2.05) is 0 Å². The molecule has 0 aromatic carbocycles. The van der Waals surface area contributed by atoms with Gasteiger partial charge < -0.3 is 4.74 Å². The first-order valence-corrected chi connectivity index (χ1v) is 4.92. The van der Waals surface area contributed by atoms with Gasteiger partial charge in [0, 0.05) is 11.0 Å². The zero-order valence-electron chi connectivity index (χ0n) is 6.95. The highest BCUT2D eigenvalue weighted by atomic mass is 32.2. The number of allylic oxidation sites excluding steroid dienone is 1. The Labute approximate surface area is 76.6 Å². The molecule has 0 saturated carbocycles. The lowest BCUT2D eigenvalue weighted by atomic mass is 10.4. The lowest BCUT2D eigenvalue weighted by Gasteiger charge is -2.11. The van der Waals surface area contributed by atoms with Gasteiger partial charge in [0.2, 0.25) is 5.04 Å². The van der Waals surface area contributed by atoms with Crippen molar-refractivity contribution in [2.45, 2.75) is 0 Å². The van der Waals surface area contributed by atoms with E-state index in [4.69, 9.17) is 4.74 Å². The molecule has 2 nitrogen and oxygen atoms in total. The molecule has 12 heavy (non-hydrogen) atoms. The second kappa shape index (κ2) is 3.46.